The summed E-state index contributed by atoms with van der Waals surface area (Å²) in [5.41, 5.74) is -0.633. The van der Waals surface area contributed by atoms with Gasteiger partial charge in [-0.25, -0.2) is 0 Å². The van der Waals surface area contributed by atoms with E-state index in [1.54, 1.807) is 17.0 Å². The second-order valence-electron chi connectivity index (χ2n) is 5.72. The number of rotatable bonds is 2. The summed E-state index contributed by atoms with van der Waals surface area (Å²) < 4.78 is 39.3. The van der Waals surface area contributed by atoms with Gasteiger partial charge in [-0.05, 0) is 31.0 Å². The highest BCUT2D eigenvalue weighted by molar-refractivity contribution is 7.17. The van der Waals surface area contributed by atoms with Gasteiger partial charge in [-0.3, -0.25) is 9.48 Å². The number of piperidine rings is 1. The Morgan fingerprint density at radius 2 is 2.00 bits per heavy atom. The number of hydrogen-bond acceptors (Lipinski definition) is 4. The first kappa shape index (κ1) is 17.0. The predicted molar refractivity (Wildman–Crippen MR) is 82.7 cm³/mol. The number of aryl methyl sites for hydroxylation is 1. The number of aliphatic hydroxyl groups is 1. The number of carbonyl (C=O) groups is 1. The molecule has 5 nitrogen and oxygen atoms in total. The first-order valence-corrected chi connectivity index (χ1v) is 8.26. The van der Waals surface area contributed by atoms with Gasteiger partial charge in [0.2, 0.25) is 0 Å². The van der Waals surface area contributed by atoms with Crippen LogP contribution in [0.25, 0.3) is 10.6 Å². The predicted octanol–water partition coefficient (Wildman–Crippen LogP) is 2.76. The molecule has 1 amide bonds. The number of alkyl halides is 3. The highest BCUT2D eigenvalue weighted by atomic mass is 32.1. The summed E-state index contributed by atoms with van der Waals surface area (Å²) in [6.45, 7) is 0.962. The molecule has 0 bridgehead atoms. The van der Waals surface area contributed by atoms with Gasteiger partial charge in [0.25, 0.3) is 5.91 Å². The van der Waals surface area contributed by atoms with Crippen molar-refractivity contribution in [1.29, 1.82) is 0 Å². The third-order valence-corrected chi connectivity index (χ3v) is 5.09. The van der Waals surface area contributed by atoms with E-state index in [1.165, 1.54) is 7.05 Å². The lowest BCUT2D eigenvalue weighted by molar-refractivity contribution is -0.143. The number of aromatic nitrogens is 2. The molecule has 0 atom stereocenters. The number of halogens is 3. The number of nitrogens with zero attached hydrogens (tertiary/aromatic N) is 3. The van der Waals surface area contributed by atoms with Crippen molar-refractivity contribution in [2.24, 2.45) is 7.05 Å². The molecule has 1 aliphatic rings. The molecule has 3 rings (SSSR count). The second-order valence-corrected chi connectivity index (χ2v) is 6.81. The number of aliphatic hydroxyl groups excluding tert-OH is 1. The molecular weight excluding hydrogens is 343 g/mol. The number of hydrogen-bond donors (Lipinski definition) is 1. The number of thiophene rings is 1. The van der Waals surface area contributed by atoms with Crippen LogP contribution in [0.5, 0.6) is 0 Å². The Hall–Kier alpha value is -1.87. The summed E-state index contributed by atoms with van der Waals surface area (Å²) in [5, 5.41) is 13.4. The van der Waals surface area contributed by atoms with Gasteiger partial charge in [0, 0.05) is 20.1 Å². The quantitative estimate of drug-likeness (QED) is 0.897. The van der Waals surface area contributed by atoms with E-state index in [1.807, 2.05) is 0 Å². The van der Waals surface area contributed by atoms with Crippen LogP contribution >= 0.6 is 11.3 Å². The highest BCUT2D eigenvalue weighted by Crippen LogP contribution is 2.34. The van der Waals surface area contributed by atoms with Crippen molar-refractivity contribution in [2.75, 3.05) is 13.1 Å². The van der Waals surface area contributed by atoms with E-state index in [4.69, 9.17) is 0 Å². The Balaban J connectivity index is 1.80. The molecule has 0 aliphatic carbocycles. The number of carbonyl (C=O) groups excluding carboxylic acids is 1. The molecule has 2 aromatic heterocycles. The lowest BCUT2D eigenvalue weighted by atomic mass is 10.1. The molecule has 0 radical (unpaired) electrons. The lowest BCUT2D eigenvalue weighted by Gasteiger charge is -2.29. The van der Waals surface area contributed by atoms with Gasteiger partial charge in [0.1, 0.15) is 11.4 Å². The molecule has 0 unspecified atom stereocenters. The minimum atomic E-state index is -4.47. The van der Waals surface area contributed by atoms with Crippen LogP contribution in [-0.2, 0) is 13.2 Å². The molecule has 1 saturated heterocycles. The fourth-order valence-electron chi connectivity index (χ4n) is 2.67. The summed E-state index contributed by atoms with van der Waals surface area (Å²) >= 11 is 1.12. The van der Waals surface area contributed by atoms with Gasteiger partial charge in [-0.15, -0.1) is 11.3 Å². The maximum atomic E-state index is 12.8. The van der Waals surface area contributed by atoms with Gasteiger partial charge in [0.05, 0.1) is 15.9 Å². The van der Waals surface area contributed by atoms with E-state index in [9.17, 15) is 23.1 Å². The molecule has 1 fully saturated rings. The number of amides is 1. The zero-order valence-corrected chi connectivity index (χ0v) is 13.7. The van der Waals surface area contributed by atoms with Crippen molar-refractivity contribution < 1.29 is 23.1 Å². The Bertz CT molecular complexity index is 745. The topological polar surface area (TPSA) is 58.4 Å². The fourth-order valence-corrected chi connectivity index (χ4v) is 3.60. The average Bonchev–Trinajstić information content (AvgIpc) is 3.13. The SMILES string of the molecule is Cn1nc(-c2ccc(C(=O)N3CCC(O)CC3)s2)cc1C(F)(F)F. The molecular formula is C15H16F3N3O2S. The molecule has 3 heterocycles. The molecule has 1 aliphatic heterocycles. The van der Waals surface area contributed by atoms with E-state index in [-0.39, 0.29) is 17.7 Å². The molecule has 0 aromatic carbocycles. The zero-order chi connectivity index (χ0) is 17.5. The molecule has 2 aromatic rings. The molecule has 24 heavy (non-hydrogen) atoms. The van der Waals surface area contributed by atoms with Crippen molar-refractivity contribution in [1.82, 2.24) is 14.7 Å². The van der Waals surface area contributed by atoms with E-state index < -0.39 is 11.9 Å². The normalized spacial score (nSPS) is 16.6. The van der Waals surface area contributed by atoms with Crippen LogP contribution < -0.4 is 0 Å². The minimum Gasteiger partial charge on any atom is -0.393 e. The largest absolute Gasteiger partial charge is 0.433 e. The van der Waals surface area contributed by atoms with Crippen molar-refractivity contribution >= 4 is 17.2 Å². The van der Waals surface area contributed by atoms with Crippen LogP contribution in [0.1, 0.15) is 28.2 Å². The van der Waals surface area contributed by atoms with Crippen molar-refractivity contribution in [3.05, 3.63) is 28.8 Å². The lowest BCUT2D eigenvalue weighted by Crippen LogP contribution is -2.39. The Morgan fingerprint density at radius 1 is 1.33 bits per heavy atom. The Morgan fingerprint density at radius 3 is 2.58 bits per heavy atom. The van der Waals surface area contributed by atoms with E-state index >= 15 is 0 Å². The zero-order valence-electron chi connectivity index (χ0n) is 12.9. The van der Waals surface area contributed by atoms with Gasteiger partial charge in [-0.2, -0.15) is 18.3 Å². The minimum absolute atomic E-state index is 0.162. The van der Waals surface area contributed by atoms with E-state index in [2.05, 4.69) is 5.10 Å². The third kappa shape index (κ3) is 3.32. The van der Waals surface area contributed by atoms with E-state index in [0.29, 0.717) is 35.7 Å². The van der Waals surface area contributed by atoms with Crippen LogP contribution in [0.15, 0.2) is 18.2 Å². The Labute approximate surface area is 140 Å². The van der Waals surface area contributed by atoms with Gasteiger partial charge in [0.15, 0.2) is 0 Å². The van der Waals surface area contributed by atoms with Crippen LogP contribution in [0.4, 0.5) is 13.2 Å². The molecule has 0 saturated carbocycles. The second kappa shape index (κ2) is 6.21. The monoisotopic (exact) mass is 359 g/mol. The van der Waals surface area contributed by atoms with Crippen LogP contribution in [-0.4, -0.2) is 44.9 Å². The van der Waals surface area contributed by atoms with E-state index in [0.717, 1.165) is 22.1 Å². The van der Waals surface area contributed by atoms with Gasteiger partial charge < -0.3 is 10.0 Å². The summed E-state index contributed by atoms with van der Waals surface area (Å²) in [4.78, 5) is 15.1. The maximum absolute atomic E-state index is 12.8. The Kier molecular flexibility index (Phi) is 4.39. The van der Waals surface area contributed by atoms with Crippen LogP contribution in [0.3, 0.4) is 0 Å². The summed E-state index contributed by atoms with van der Waals surface area (Å²) in [6, 6.07) is 4.20. The highest BCUT2D eigenvalue weighted by Gasteiger charge is 2.35. The molecule has 9 heteroatoms. The van der Waals surface area contributed by atoms with Crippen LogP contribution in [0.2, 0.25) is 0 Å². The molecule has 130 valence electrons. The smallest absolute Gasteiger partial charge is 0.393 e. The van der Waals surface area contributed by atoms with Crippen molar-refractivity contribution in [3.63, 3.8) is 0 Å². The molecule has 1 N–H and O–H groups in total. The van der Waals surface area contributed by atoms with Crippen molar-refractivity contribution in [3.8, 4) is 10.6 Å². The first-order chi connectivity index (χ1) is 11.3. The first-order valence-electron chi connectivity index (χ1n) is 7.44. The maximum Gasteiger partial charge on any atom is 0.433 e. The van der Waals surface area contributed by atoms with Gasteiger partial charge >= 0.3 is 6.18 Å². The average molecular weight is 359 g/mol. The number of likely N-dealkylation sites (tertiary alicyclic amines) is 1. The molecule has 0 spiro atoms. The fraction of sp³-hybridized carbons (Fsp3) is 0.467. The summed E-state index contributed by atoms with van der Waals surface area (Å²) in [6.07, 6.45) is -3.76. The standard InChI is InChI=1S/C15H16F3N3O2S/c1-20-13(15(16,17)18)8-10(19-20)11-2-3-12(24-11)14(23)21-6-4-9(22)5-7-21/h2-3,8-9,22H,4-7H2,1H3. The van der Waals surface area contributed by atoms with Crippen molar-refractivity contribution in [2.45, 2.75) is 25.1 Å². The third-order valence-electron chi connectivity index (χ3n) is 3.99. The summed E-state index contributed by atoms with van der Waals surface area (Å²) in [7, 11) is 1.24. The summed E-state index contributed by atoms with van der Waals surface area (Å²) in [5.74, 6) is -0.162. The van der Waals surface area contributed by atoms with Crippen LogP contribution in [0, 0.1) is 0 Å². The van der Waals surface area contributed by atoms with Gasteiger partial charge in [-0.1, -0.05) is 0 Å².